The number of halogens is 1. The van der Waals surface area contributed by atoms with Crippen LogP contribution in [-0.2, 0) is 14.2 Å². The van der Waals surface area contributed by atoms with Gasteiger partial charge in [0.1, 0.15) is 17.9 Å². The molecule has 0 saturated carbocycles. The fraction of sp³-hybridized carbons (Fsp3) is 0.533. The molecule has 2 amide bonds. The molecule has 3 rings (SSSR count). The summed E-state index contributed by atoms with van der Waals surface area (Å²) in [6.07, 6.45) is 2.84. The second-order valence-electron chi connectivity index (χ2n) is 9.97. The second-order valence-corrected chi connectivity index (χ2v) is 10.3. The Kier molecular flexibility index (Phi) is 15.1. The normalized spacial score (nSPS) is 17.6. The third-order valence-corrected chi connectivity index (χ3v) is 6.98. The molecule has 1 aromatic carbocycles. The van der Waals surface area contributed by atoms with Crippen LogP contribution >= 0.6 is 11.6 Å². The first-order chi connectivity index (χ1) is 21.3. The summed E-state index contributed by atoms with van der Waals surface area (Å²) >= 11 is 5.64. The smallest absolute Gasteiger partial charge is 0.330 e. The first-order valence-corrected chi connectivity index (χ1v) is 15.0. The molecular weight excluding hydrogens is 596 g/mol. The summed E-state index contributed by atoms with van der Waals surface area (Å²) in [4.78, 5) is 51.4. The van der Waals surface area contributed by atoms with Crippen molar-refractivity contribution in [1.82, 2.24) is 20.2 Å². The van der Waals surface area contributed by atoms with Crippen molar-refractivity contribution in [3.8, 4) is 11.8 Å². The number of carbonyl (C=O) groups is 2. The molecule has 14 heteroatoms. The van der Waals surface area contributed by atoms with Crippen LogP contribution in [0.5, 0.6) is 0 Å². The molecule has 2 aromatic rings. The van der Waals surface area contributed by atoms with Crippen LogP contribution in [0.15, 0.2) is 40.1 Å². The maximum Gasteiger partial charge on any atom is 0.330 e. The minimum Gasteiger partial charge on any atom is -0.394 e. The van der Waals surface area contributed by atoms with Crippen LogP contribution in [-0.4, -0.2) is 95.8 Å². The zero-order valence-corrected chi connectivity index (χ0v) is 25.1. The Morgan fingerprint density at radius 2 is 1.66 bits per heavy atom. The van der Waals surface area contributed by atoms with Gasteiger partial charge in [0.15, 0.2) is 0 Å². The standard InChI is InChI=1S/C30H39ClN4O9/c31-11-3-1-2-4-14-42-16-17-43-15-13-33-28(39)22-9-7-21(8-10-22)27(38)32-12-5-6-23-19-35(30(41)34-29(23)40)26-18-24(37)25(20-36)44-26/h7-10,19,24-26,36-37H,1-4,11-18,20H2,(H,32,38)(H,33,39)(H,34,40,41)/t24?,25?,26-/m1/s1. The molecule has 240 valence electrons. The topological polar surface area (TPSA) is 181 Å². The molecule has 1 fully saturated rings. The van der Waals surface area contributed by atoms with E-state index in [0.717, 1.165) is 30.3 Å². The molecule has 44 heavy (non-hydrogen) atoms. The summed E-state index contributed by atoms with van der Waals surface area (Å²) < 4.78 is 17.5. The molecule has 3 atom stereocenters. The van der Waals surface area contributed by atoms with Crippen LogP contribution in [0.25, 0.3) is 0 Å². The number of ether oxygens (including phenoxy) is 3. The summed E-state index contributed by atoms with van der Waals surface area (Å²) in [7, 11) is 0. The van der Waals surface area contributed by atoms with Crippen LogP contribution in [0.1, 0.15) is 64.6 Å². The second kappa shape index (κ2) is 19.0. The van der Waals surface area contributed by atoms with Gasteiger partial charge in [-0.25, -0.2) is 4.79 Å². The van der Waals surface area contributed by atoms with E-state index in [1.807, 2.05) is 0 Å². The van der Waals surface area contributed by atoms with Gasteiger partial charge in [0.05, 0.1) is 39.1 Å². The van der Waals surface area contributed by atoms with Crippen LogP contribution in [0.3, 0.4) is 0 Å². The Hall–Kier alpha value is -3.51. The number of hydrogen-bond acceptors (Lipinski definition) is 9. The number of alkyl halides is 1. The number of rotatable bonds is 17. The quantitative estimate of drug-likeness (QED) is 0.0941. The number of hydrogen-bond donors (Lipinski definition) is 5. The van der Waals surface area contributed by atoms with Crippen LogP contribution < -0.4 is 21.9 Å². The third kappa shape index (κ3) is 11.2. The maximum atomic E-state index is 12.5. The van der Waals surface area contributed by atoms with Gasteiger partial charge in [-0.2, -0.15) is 0 Å². The first-order valence-electron chi connectivity index (χ1n) is 14.5. The zero-order valence-electron chi connectivity index (χ0n) is 24.4. The van der Waals surface area contributed by atoms with E-state index in [-0.39, 0.29) is 24.4 Å². The van der Waals surface area contributed by atoms with Gasteiger partial charge in [0, 0.05) is 42.8 Å². The van der Waals surface area contributed by atoms with Crippen LogP contribution in [0, 0.1) is 11.8 Å². The molecule has 1 saturated heterocycles. The number of aliphatic hydroxyl groups is 2. The number of unbranched alkanes of at least 4 members (excludes halogenated alkanes) is 3. The van der Waals surface area contributed by atoms with Gasteiger partial charge >= 0.3 is 5.69 Å². The van der Waals surface area contributed by atoms with Gasteiger partial charge < -0.3 is 35.1 Å². The van der Waals surface area contributed by atoms with E-state index < -0.39 is 42.2 Å². The fourth-order valence-electron chi connectivity index (χ4n) is 4.29. The number of nitrogens with one attached hydrogen (secondary N) is 3. The third-order valence-electron chi connectivity index (χ3n) is 6.71. The van der Waals surface area contributed by atoms with E-state index in [2.05, 4.69) is 27.5 Å². The van der Waals surface area contributed by atoms with Gasteiger partial charge in [0.25, 0.3) is 17.4 Å². The largest absolute Gasteiger partial charge is 0.394 e. The Labute approximate surface area is 259 Å². The van der Waals surface area contributed by atoms with Crippen molar-refractivity contribution < 1.29 is 34.0 Å². The molecule has 13 nitrogen and oxygen atoms in total. The van der Waals surface area contributed by atoms with Gasteiger partial charge in [0.2, 0.25) is 0 Å². The lowest BCUT2D eigenvalue weighted by atomic mass is 10.1. The number of benzene rings is 1. The first kappa shape index (κ1) is 35.0. The Balaban J connectivity index is 1.37. The fourth-order valence-corrected chi connectivity index (χ4v) is 4.48. The van der Waals surface area contributed by atoms with Crippen molar-refractivity contribution in [3.63, 3.8) is 0 Å². The lowest BCUT2D eigenvalue weighted by molar-refractivity contribution is -0.0459. The SMILES string of the molecule is O=C(NCC#Cc1cn([C@H]2CC(O)C(CO)O2)c(=O)[nH]c1=O)c1ccc(C(=O)NCCOCCOCCCCCCCl)cc1. The van der Waals surface area contributed by atoms with Crippen molar-refractivity contribution in [2.24, 2.45) is 0 Å². The number of H-pyrrole nitrogens is 1. The highest BCUT2D eigenvalue weighted by Crippen LogP contribution is 2.27. The minimum absolute atomic E-state index is 0.0389. The van der Waals surface area contributed by atoms with Crippen molar-refractivity contribution in [1.29, 1.82) is 0 Å². The van der Waals surface area contributed by atoms with E-state index in [9.17, 15) is 29.4 Å². The van der Waals surface area contributed by atoms with Crippen LogP contribution in [0.4, 0.5) is 0 Å². The van der Waals surface area contributed by atoms with Crippen molar-refractivity contribution in [2.45, 2.75) is 50.5 Å². The van der Waals surface area contributed by atoms with Crippen molar-refractivity contribution in [3.05, 3.63) is 68.0 Å². The predicted molar refractivity (Wildman–Crippen MR) is 162 cm³/mol. The average molecular weight is 635 g/mol. The monoisotopic (exact) mass is 634 g/mol. The summed E-state index contributed by atoms with van der Waals surface area (Å²) in [6.45, 7) is 1.81. The van der Waals surface area contributed by atoms with Gasteiger partial charge in [-0.05, 0) is 37.1 Å². The Morgan fingerprint density at radius 1 is 1.00 bits per heavy atom. The molecule has 0 radical (unpaired) electrons. The van der Waals surface area contributed by atoms with Gasteiger partial charge in [-0.1, -0.05) is 24.7 Å². The Morgan fingerprint density at radius 3 is 2.32 bits per heavy atom. The Bertz CT molecular complexity index is 1380. The van der Waals surface area contributed by atoms with E-state index in [0.29, 0.717) is 50.0 Å². The van der Waals surface area contributed by atoms with E-state index >= 15 is 0 Å². The highest BCUT2D eigenvalue weighted by atomic mass is 35.5. The van der Waals surface area contributed by atoms with Crippen molar-refractivity contribution >= 4 is 23.4 Å². The number of nitrogens with zero attached hydrogens (tertiary/aromatic N) is 1. The minimum atomic E-state index is -0.959. The highest BCUT2D eigenvalue weighted by Gasteiger charge is 2.35. The number of amides is 2. The number of aliphatic hydroxyl groups excluding tert-OH is 2. The summed E-state index contributed by atoms with van der Waals surface area (Å²) in [5.41, 5.74) is -0.791. The number of aromatic amines is 1. The molecule has 1 aromatic heterocycles. The van der Waals surface area contributed by atoms with Gasteiger partial charge in [-0.3, -0.25) is 23.9 Å². The summed E-state index contributed by atoms with van der Waals surface area (Å²) in [5.74, 6) is 5.24. The molecule has 2 heterocycles. The molecule has 5 N–H and O–H groups in total. The maximum absolute atomic E-state index is 12.5. The molecule has 0 spiro atoms. The van der Waals surface area contributed by atoms with E-state index in [4.69, 9.17) is 25.8 Å². The molecule has 2 unspecified atom stereocenters. The molecule has 1 aliphatic heterocycles. The number of aromatic nitrogens is 2. The van der Waals surface area contributed by atoms with E-state index in [1.165, 1.54) is 30.5 Å². The average Bonchev–Trinajstić information content (AvgIpc) is 3.40. The molecule has 0 bridgehead atoms. The molecular formula is C30H39ClN4O9. The lowest BCUT2D eigenvalue weighted by Crippen LogP contribution is -2.33. The van der Waals surface area contributed by atoms with Gasteiger partial charge in [-0.15, -0.1) is 11.6 Å². The highest BCUT2D eigenvalue weighted by molar-refractivity contribution is 6.17. The summed E-state index contributed by atoms with van der Waals surface area (Å²) in [5, 5.41) is 24.5. The lowest BCUT2D eigenvalue weighted by Gasteiger charge is -2.14. The zero-order chi connectivity index (χ0) is 31.7. The van der Waals surface area contributed by atoms with E-state index in [1.54, 1.807) is 0 Å². The molecule has 0 aliphatic carbocycles. The molecule has 1 aliphatic rings. The van der Waals surface area contributed by atoms with Crippen LogP contribution in [0.2, 0.25) is 0 Å². The number of carbonyl (C=O) groups excluding carboxylic acids is 2. The summed E-state index contributed by atoms with van der Waals surface area (Å²) in [6, 6.07) is 6.09. The predicted octanol–water partition coefficient (Wildman–Crippen LogP) is 0.521. The van der Waals surface area contributed by atoms with Crippen molar-refractivity contribution in [2.75, 3.05) is 52.0 Å².